The molecule has 2 aromatic rings. The van der Waals surface area contributed by atoms with Gasteiger partial charge in [-0.1, -0.05) is 12.1 Å². The van der Waals surface area contributed by atoms with Gasteiger partial charge in [-0.15, -0.1) is 0 Å². The number of rotatable bonds is 8. The minimum Gasteiger partial charge on any atom is -0.464 e. The molecule has 1 aliphatic heterocycles. The highest BCUT2D eigenvalue weighted by Gasteiger charge is 2.40. The van der Waals surface area contributed by atoms with E-state index in [9.17, 15) is 14.7 Å². The van der Waals surface area contributed by atoms with Gasteiger partial charge in [-0.05, 0) is 50.8 Å². The molecule has 0 unspecified atom stereocenters. The molecule has 4 rings (SSSR count). The van der Waals surface area contributed by atoms with Gasteiger partial charge in [0.05, 0.1) is 11.6 Å². The lowest BCUT2D eigenvalue weighted by molar-refractivity contribution is -0.166. The Kier molecular flexibility index (Phi) is 6.20. The largest absolute Gasteiger partial charge is 0.464 e. The predicted octanol–water partition coefficient (Wildman–Crippen LogP) is 2.82. The van der Waals surface area contributed by atoms with E-state index >= 15 is 0 Å². The predicted molar refractivity (Wildman–Crippen MR) is 111 cm³/mol. The number of hydrogen-bond donors (Lipinski definition) is 2. The fraction of sp³-hybridized carbons (Fsp3) is 0.478. The Labute approximate surface area is 174 Å². The molecule has 7 heteroatoms. The Morgan fingerprint density at radius 2 is 2.10 bits per heavy atom. The highest BCUT2D eigenvalue weighted by Crippen LogP contribution is 2.39. The fourth-order valence-electron chi connectivity index (χ4n) is 3.93. The molecule has 0 bridgehead atoms. The second-order valence-corrected chi connectivity index (χ2v) is 7.79. The van der Waals surface area contributed by atoms with E-state index in [2.05, 4.69) is 5.32 Å². The number of carbonyl (C=O) groups excluding carboxylic acids is 1. The number of aliphatic hydroxyl groups excluding tert-OH is 1. The number of fused-ring (bicyclic) bond motifs is 1. The van der Waals surface area contributed by atoms with Crippen molar-refractivity contribution in [2.75, 3.05) is 13.2 Å². The Bertz CT molecular complexity index is 993. The van der Waals surface area contributed by atoms with Gasteiger partial charge in [0.25, 0.3) is 5.91 Å². The van der Waals surface area contributed by atoms with Crippen LogP contribution in [-0.4, -0.2) is 36.6 Å². The molecule has 1 amide bonds. The zero-order valence-electron chi connectivity index (χ0n) is 17.0. The Balaban J connectivity index is 1.77. The van der Waals surface area contributed by atoms with Crippen molar-refractivity contribution in [2.24, 2.45) is 5.92 Å². The zero-order chi connectivity index (χ0) is 21.1. The van der Waals surface area contributed by atoms with Crippen LogP contribution in [0.2, 0.25) is 0 Å². The molecule has 7 nitrogen and oxygen atoms in total. The Morgan fingerprint density at radius 1 is 1.30 bits per heavy atom. The van der Waals surface area contributed by atoms with Gasteiger partial charge in [0.15, 0.2) is 11.2 Å². The zero-order valence-corrected chi connectivity index (χ0v) is 17.0. The summed E-state index contributed by atoms with van der Waals surface area (Å²) in [6.45, 7) is 2.28. The first kappa shape index (κ1) is 20.6. The van der Waals surface area contributed by atoms with Crippen molar-refractivity contribution in [3.63, 3.8) is 0 Å². The summed E-state index contributed by atoms with van der Waals surface area (Å²) < 4.78 is 17.5. The third-order valence-corrected chi connectivity index (χ3v) is 5.61. The second-order valence-electron chi connectivity index (χ2n) is 7.79. The minimum atomic E-state index is -0.692. The van der Waals surface area contributed by atoms with Gasteiger partial charge in [0.2, 0.25) is 6.29 Å². The molecule has 1 aliphatic carbocycles. The minimum absolute atomic E-state index is 0.0210. The number of allylic oxidation sites excluding steroid dienone is 1. The molecule has 0 radical (unpaired) electrons. The molecular weight excluding hydrogens is 386 g/mol. The summed E-state index contributed by atoms with van der Waals surface area (Å²) in [4.78, 5) is 25.9. The average Bonchev–Trinajstić information content (AvgIpc) is 3.57. The van der Waals surface area contributed by atoms with Gasteiger partial charge in [0.1, 0.15) is 5.58 Å². The second kappa shape index (κ2) is 9.02. The van der Waals surface area contributed by atoms with E-state index in [1.807, 2.05) is 13.0 Å². The number of carbonyl (C=O) groups is 1. The van der Waals surface area contributed by atoms with Crippen LogP contribution in [0.5, 0.6) is 0 Å². The maximum atomic E-state index is 13.3. The standard InChI is InChI=1S/C23H27NO6/c1-2-28-23-15(7-5-11-25)17(12-20(30-23)22(27)24-14-9-10-14)18-13-29-19-8-4-3-6-16(19)21(18)26/h3-4,6,8,12-15,17,23,25H,2,5,7,9-11H2,1H3,(H,24,27)/t15-,17-,23+/m0/s1. The third-order valence-electron chi connectivity index (χ3n) is 5.61. The van der Waals surface area contributed by atoms with Crippen LogP contribution in [0, 0.1) is 5.92 Å². The molecule has 30 heavy (non-hydrogen) atoms. The van der Waals surface area contributed by atoms with Crippen molar-refractivity contribution < 1.29 is 23.8 Å². The molecule has 160 valence electrons. The van der Waals surface area contributed by atoms with Crippen LogP contribution in [0.4, 0.5) is 0 Å². The number of aliphatic hydroxyl groups is 1. The lowest BCUT2D eigenvalue weighted by atomic mass is 9.81. The van der Waals surface area contributed by atoms with Crippen LogP contribution in [0.25, 0.3) is 11.0 Å². The highest BCUT2D eigenvalue weighted by atomic mass is 16.7. The van der Waals surface area contributed by atoms with Crippen LogP contribution in [-0.2, 0) is 14.3 Å². The molecule has 3 atom stereocenters. The highest BCUT2D eigenvalue weighted by molar-refractivity contribution is 5.92. The van der Waals surface area contributed by atoms with Gasteiger partial charge in [-0.25, -0.2) is 0 Å². The monoisotopic (exact) mass is 413 g/mol. The smallest absolute Gasteiger partial charge is 0.286 e. The van der Waals surface area contributed by atoms with E-state index in [4.69, 9.17) is 13.9 Å². The molecule has 1 saturated carbocycles. The maximum Gasteiger partial charge on any atom is 0.286 e. The van der Waals surface area contributed by atoms with Gasteiger partial charge >= 0.3 is 0 Å². The Morgan fingerprint density at radius 3 is 2.83 bits per heavy atom. The summed E-state index contributed by atoms with van der Waals surface area (Å²) in [6.07, 6.45) is 5.52. The summed E-state index contributed by atoms with van der Waals surface area (Å²) in [5, 5.41) is 12.8. The summed E-state index contributed by atoms with van der Waals surface area (Å²) in [5.74, 6) is -0.794. The summed E-state index contributed by atoms with van der Waals surface area (Å²) in [7, 11) is 0. The third kappa shape index (κ3) is 4.27. The van der Waals surface area contributed by atoms with Crippen molar-refractivity contribution in [3.8, 4) is 0 Å². The van der Waals surface area contributed by atoms with Crippen LogP contribution in [0.1, 0.15) is 44.1 Å². The normalized spacial score (nSPS) is 23.7. The number of nitrogens with one attached hydrogen (secondary N) is 1. The first-order valence-corrected chi connectivity index (χ1v) is 10.5. The number of para-hydroxylation sites is 1. The van der Waals surface area contributed by atoms with Crippen molar-refractivity contribution in [1.29, 1.82) is 0 Å². The average molecular weight is 413 g/mol. The van der Waals surface area contributed by atoms with Gasteiger partial charge in [-0.2, -0.15) is 0 Å². The van der Waals surface area contributed by atoms with E-state index in [1.54, 1.807) is 24.3 Å². The summed E-state index contributed by atoms with van der Waals surface area (Å²) in [6, 6.07) is 7.28. The van der Waals surface area contributed by atoms with Crippen LogP contribution in [0.15, 0.2) is 51.6 Å². The lowest BCUT2D eigenvalue weighted by Gasteiger charge is -2.36. The molecule has 1 aromatic carbocycles. The van der Waals surface area contributed by atoms with Crippen molar-refractivity contribution in [3.05, 3.63) is 58.2 Å². The fourth-order valence-corrected chi connectivity index (χ4v) is 3.93. The summed E-state index contributed by atoms with van der Waals surface area (Å²) in [5.41, 5.74) is 0.842. The molecule has 2 aliphatic rings. The van der Waals surface area contributed by atoms with E-state index in [1.165, 1.54) is 6.26 Å². The van der Waals surface area contributed by atoms with E-state index in [0.29, 0.717) is 36.0 Å². The van der Waals surface area contributed by atoms with Crippen LogP contribution >= 0.6 is 0 Å². The molecule has 2 heterocycles. The van der Waals surface area contributed by atoms with Gasteiger partial charge in [-0.3, -0.25) is 9.59 Å². The summed E-state index contributed by atoms with van der Waals surface area (Å²) >= 11 is 0. The lowest BCUT2D eigenvalue weighted by Crippen LogP contribution is -2.40. The topological polar surface area (TPSA) is 98.0 Å². The Hall–Kier alpha value is -2.64. The molecular formula is C23H27NO6. The van der Waals surface area contributed by atoms with E-state index in [-0.39, 0.29) is 35.7 Å². The van der Waals surface area contributed by atoms with Gasteiger partial charge < -0.3 is 24.3 Å². The molecule has 0 saturated heterocycles. The molecule has 0 spiro atoms. The number of hydrogen-bond acceptors (Lipinski definition) is 6. The van der Waals surface area contributed by atoms with Crippen molar-refractivity contribution >= 4 is 16.9 Å². The maximum absolute atomic E-state index is 13.3. The van der Waals surface area contributed by atoms with Crippen molar-refractivity contribution in [2.45, 2.75) is 50.9 Å². The number of ether oxygens (including phenoxy) is 2. The first-order chi connectivity index (χ1) is 14.6. The molecule has 1 aromatic heterocycles. The molecule has 1 fully saturated rings. The van der Waals surface area contributed by atoms with Crippen LogP contribution in [0.3, 0.4) is 0 Å². The molecule has 2 N–H and O–H groups in total. The number of benzene rings is 1. The van der Waals surface area contributed by atoms with E-state index in [0.717, 1.165) is 12.8 Å². The van der Waals surface area contributed by atoms with Crippen molar-refractivity contribution in [1.82, 2.24) is 5.32 Å². The SMILES string of the molecule is CCO[C@@H]1OC(C(=O)NC2CC2)=C[C@H](c2coc3ccccc3c2=O)[C@@H]1CCCO. The quantitative estimate of drug-likeness (QED) is 0.691. The number of amides is 1. The van der Waals surface area contributed by atoms with Gasteiger partial charge in [0, 0.05) is 36.7 Å². The van der Waals surface area contributed by atoms with Crippen LogP contribution < -0.4 is 10.7 Å². The van der Waals surface area contributed by atoms with E-state index < -0.39 is 12.2 Å². The first-order valence-electron chi connectivity index (χ1n) is 10.5.